The molecule has 5 rings (SSSR count). The Kier molecular flexibility index (Phi) is 8.44. The first-order valence-electron chi connectivity index (χ1n) is 11.2. The maximum absolute atomic E-state index is 10.0. The summed E-state index contributed by atoms with van der Waals surface area (Å²) in [5.74, 6) is -0.0625. The van der Waals surface area contributed by atoms with E-state index in [-0.39, 0.29) is 31.6 Å². The van der Waals surface area contributed by atoms with Crippen molar-refractivity contribution >= 4 is 62.1 Å². The van der Waals surface area contributed by atoms with Crippen molar-refractivity contribution in [2.24, 2.45) is 0 Å². The molecule has 0 amide bonds. The van der Waals surface area contributed by atoms with Gasteiger partial charge in [0.15, 0.2) is 5.78 Å². The number of fused-ring (bicyclic) bond motifs is 4. The number of allylic oxidation sites excluding steroid dienone is 2. The third-order valence-corrected chi connectivity index (χ3v) is 8.51. The summed E-state index contributed by atoms with van der Waals surface area (Å²) in [6, 6.07) is 25.3. The maximum atomic E-state index is 10.0. The SMILES string of the molecule is CC(=O)/C=C(/C)O.C[Si](C)(C)c1cc(-c2nc3ccccc3c3ccsc23)[c-]c2ccccc12.[Ir]. The van der Waals surface area contributed by atoms with Crippen LogP contribution in [0.15, 0.2) is 77.9 Å². The van der Waals surface area contributed by atoms with Crippen molar-refractivity contribution in [2.45, 2.75) is 33.5 Å². The molecule has 1 radical (unpaired) electrons. The number of ketones is 1. The fourth-order valence-corrected chi connectivity index (χ4v) is 6.65. The monoisotopic (exact) mass is 675 g/mol. The van der Waals surface area contributed by atoms with Crippen LogP contribution in [0.2, 0.25) is 19.6 Å². The van der Waals surface area contributed by atoms with Crippen molar-refractivity contribution < 1.29 is 30.0 Å². The summed E-state index contributed by atoms with van der Waals surface area (Å²) in [6.07, 6.45) is 1.17. The van der Waals surface area contributed by atoms with E-state index in [1.807, 2.05) is 0 Å². The number of hydrogen-bond donors (Lipinski definition) is 1. The van der Waals surface area contributed by atoms with E-state index in [0.29, 0.717) is 0 Å². The minimum atomic E-state index is -1.51. The second-order valence-corrected chi connectivity index (χ2v) is 15.4. The smallest absolute Gasteiger partial charge is 0.155 e. The van der Waals surface area contributed by atoms with Crippen molar-refractivity contribution in [3.8, 4) is 11.3 Å². The van der Waals surface area contributed by atoms with E-state index in [1.165, 1.54) is 51.4 Å². The molecule has 35 heavy (non-hydrogen) atoms. The molecule has 0 atom stereocenters. The number of carbonyl (C=O) groups excluding carboxylic acids is 1. The molecular formula is C29H28IrNO2SSi-. The molecule has 2 heterocycles. The zero-order chi connectivity index (χ0) is 24.5. The normalized spacial score (nSPS) is 11.7. The van der Waals surface area contributed by atoms with Crippen molar-refractivity contribution in [1.29, 1.82) is 0 Å². The van der Waals surface area contributed by atoms with Crippen LogP contribution in [0.4, 0.5) is 0 Å². The van der Waals surface area contributed by atoms with Gasteiger partial charge in [-0.15, -0.1) is 40.1 Å². The number of pyridine rings is 1. The minimum Gasteiger partial charge on any atom is -0.512 e. The van der Waals surface area contributed by atoms with E-state index < -0.39 is 8.07 Å². The molecule has 5 aromatic rings. The van der Waals surface area contributed by atoms with Gasteiger partial charge in [0.2, 0.25) is 0 Å². The number of rotatable bonds is 3. The van der Waals surface area contributed by atoms with Gasteiger partial charge >= 0.3 is 0 Å². The molecule has 3 nitrogen and oxygen atoms in total. The first kappa shape index (κ1) is 27.0. The number of aromatic nitrogens is 1. The van der Waals surface area contributed by atoms with E-state index in [2.05, 4.69) is 91.8 Å². The molecule has 0 spiro atoms. The van der Waals surface area contributed by atoms with Gasteiger partial charge in [-0.3, -0.25) is 9.78 Å². The summed E-state index contributed by atoms with van der Waals surface area (Å²) >= 11 is 1.77. The molecule has 0 bridgehead atoms. The standard InChI is InChI=1S/C24H20NSSi.C5H8O2.Ir/c1-27(2,3)22-15-17(14-16-8-4-5-9-18(16)22)23-24-20(12-13-26-24)19-10-6-7-11-21(19)25-23;1-4(6)3-5(2)7;/h4-13,15H,1-3H3;3,6H,1-2H3;/q-1;;/b;4-3-;. The van der Waals surface area contributed by atoms with Crippen molar-refractivity contribution in [2.75, 3.05) is 0 Å². The van der Waals surface area contributed by atoms with Gasteiger partial charge in [0.1, 0.15) is 0 Å². The third kappa shape index (κ3) is 5.96. The quantitative estimate of drug-likeness (QED) is 0.0926. The molecule has 0 fully saturated rings. The van der Waals surface area contributed by atoms with Gasteiger partial charge in [-0.2, -0.15) is 0 Å². The Hall–Kier alpha value is -2.63. The zero-order valence-corrected chi connectivity index (χ0v) is 24.7. The maximum Gasteiger partial charge on any atom is 0.155 e. The van der Waals surface area contributed by atoms with Gasteiger partial charge < -0.3 is 5.11 Å². The average molecular weight is 675 g/mol. The molecule has 0 saturated carbocycles. The van der Waals surface area contributed by atoms with Gasteiger partial charge in [-0.1, -0.05) is 67.0 Å². The van der Waals surface area contributed by atoms with Gasteiger partial charge in [0.05, 0.1) is 19.3 Å². The molecule has 6 heteroatoms. The third-order valence-electron chi connectivity index (χ3n) is 5.56. The summed E-state index contributed by atoms with van der Waals surface area (Å²) in [6.45, 7) is 10.1. The Bertz CT molecular complexity index is 1550. The van der Waals surface area contributed by atoms with Gasteiger partial charge in [-0.25, -0.2) is 0 Å². The molecule has 3 aromatic carbocycles. The minimum absolute atomic E-state index is 0. The fraction of sp³-hybridized carbons (Fsp3) is 0.172. The van der Waals surface area contributed by atoms with Crippen LogP contribution in [0.1, 0.15) is 13.8 Å². The van der Waals surface area contributed by atoms with Crippen LogP contribution in [0, 0.1) is 6.07 Å². The molecular weight excluding hydrogens is 647 g/mol. The Morgan fingerprint density at radius 2 is 1.63 bits per heavy atom. The number of carbonyl (C=O) groups is 1. The number of nitrogens with zero attached hydrogens (tertiary/aromatic N) is 1. The Balaban J connectivity index is 0.000000378. The van der Waals surface area contributed by atoms with Crippen LogP contribution < -0.4 is 5.19 Å². The predicted octanol–water partition coefficient (Wildman–Crippen LogP) is 7.65. The van der Waals surface area contributed by atoms with Crippen LogP contribution in [-0.2, 0) is 24.9 Å². The van der Waals surface area contributed by atoms with E-state index in [4.69, 9.17) is 10.1 Å². The molecule has 0 unspecified atom stereocenters. The average Bonchev–Trinajstić information content (AvgIpc) is 3.27. The van der Waals surface area contributed by atoms with Crippen LogP contribution in [-0.4, -0.2) is 23.9 Å². The molecule has 1 N–H and O–H groups in total. The molecule has 181 valence electrons. The van der Waals surface area contributed by atoms with Crippen LogP contribution in [0.25, 0.3) is 43.0 Å². The number of hydrogen-bond acceptors (Lipinski definition) is 4. The van der Waals surface area contributed by atoms with Crippen LogP contribution in [0.3, 0.4) is 0 Å². The Labute approximate surface area is 224 Å². The van der Waals surface area contributed by atoms with Crippen molar-refractivity contribution in [3.05, 3.63) is 83.9 Å². The van der Waals surface area contributed by atoms with E-state index >= 15 is 0 Å². The van der Waals surface area contributed by atoms with E-state index in [1.54, 1.807) is 11.3 Å². The number of thiophene rings is 1. The topological polar surface area (TPSA) is 50.2 Å². The summed E-state index contributed by atoms with van der Waals surface area (Å²) in [4.78, 5) is 15.1. The zero-order valence-electron chi connectivity index (χ0n) is 20.5. The first-order chi connectivity index (χ1) is 16.1. The summed E-state index contributed by atoms with van der Waals surface area (Å²) in [5, 5.41) is 17.0. The van der Waals surface area contributed by atoms with E-state index in [9.17, 15) is 4.79 Å². The summed E-state index contributed by atoms with van der Waals surface area (Å²) in [5.41, 5.74) is 3.22. The van der Waals surface area contributed by atoms with Crippen molar-refractivity contribution in [3.63, 3.8) is 0 Å². The molecule has 0 aliphatic carbocycles. The second kappa shape index (κ2) is 11.0. The Morgan fingerprint density at radius 3 is 2.26 bits per heavy atom. The fourth-order valence-electron chi connectivity index (χ4n) is 4.13. The first-order valence-corrected chi connectivity index (χ1v) is 15.6. The summed E-state index contributed by atoms with van der Waals surface area (Å²) < 4.78 is 1.25. The predicted molar refractivity (Wildman–Crippen MR) is 149 cm³/mol. The van der Waals surface area contributed by atoms with Gasteiger partial charge in [-0.05, 0) is 36.7 Å². The molecule has 0 aliphatic heterocycles. The number of aliphatic hydroxyl groups is 1. The van der Waals surface area contributed by atoms with E-state index in [0.717, 1.165) is 16.8 Å². The Morgan fingerprint density at radius 1 is 0.971 bits per heavy atom. The number of para-hydroxylation sites is 1. The second-order valence-electron chi connectivity index (χ2n) is 9.43. The number of aliphatic hydroxyl groups excluding tert-OH is 1. The van der Waals surface area contributed by atoms with Crippen LogP contribution in [0.5, 0.6) is 0 Å². The van der Waals surface area contributed by atoms with Gasteiger partial charge in [0, 0.05) is 42.0 Å². The molecule has 0 aliphatic rings. The number of benzene rings is 3. The molecule has 0 saturated heterocycles. The van der Waals surface area contributed by atoms with Crippen LogP contribution >= 0.6 is 11.3 Å². The van der Waals surface area contributed by atoms with Gasteiger partial charge in [0.25, 0.3) is 0 Å². The molecule has 2 aromatic heterocycles. The van der Waals surface area contributed by atoms with Crippen molar-refractivity contribution in [1.82, 2.24) is 4.98 Å². The summed E-state index contributed by atoms with van der Waals surface area (Å²) in [7, 11) is -1.51. The largest absolute Gasteiger partial charge is 0.512 e.